The molecule has 2 fully saturated rings. The van der Waals surface area contributed by atoms with Gasteiger partial charge in [0.05, 0.1) is 7.11 Å². The van der Waals surface area contributed by atoms with Crippen LogP contribution < -0.4 is 4.74 Å². The van der Waals surface area contributed by atoms with Gasteiger partial charge >= 0.3 is 5.97 Å². The number of nitrogens with zero attached hydrogens (tertiary/aromatic N) is 2. The molecule has 0 aromatic heterocycles. The molecular formula is C31H36N2O4. The molecule has 6 nitrogen and oxygen atoms in total. The third-order valence-electron chi connectivity index (χ3n) is 8.61. The van der Waals surface area contributed by atoms with E-state index in [1.54, 1.807) is 7.11 Å². The zero-order chi connectivity index (χ0) is 26.2. The highest BCUT2D eigenvalue weighted by Crippen LogP contribution is 2.54. The molecule has 37 heavy (non-hydrogen) atoms. The number of fused-ring (bicyclic) bond motifs is 2. The molecule has 194 valence electrons. The van der Waals surface area contributed by atoms with E-state index in [4.69, 9.17) is 9.47 Å². The minimum atomic E-state index is -0.665. The van der Waals surface area contributed by atoms with Crippen LogP contribution in [0.2, 0.25) is 0 Å². The highest BCUT2D eigenvalue weighted by molar-refractivity contribution is 5.98. The van der Waals surface area contributed by atoms with Crippen LogP contribution in [0.5, 0.6) is 5.75 Å². The van der Waals surface area contributed by atoms with Gasteiger partial charge in [0, 0.05) is 37.5 Å². The molecule has 0 N–H and O–H groups in total. The first-order valence-corrected chi connectivity index (χ1v) is 13.1. The third kappa shape index (κ3) is 4.48. The molecule has 3 aromatic carbocycles. The van der Waals surface area contributed by atoms with E-state index in [0.717, 1.165) is 47.9 Å². The lowest BCUT2D eigenvalue weighted by molar-refractivity contribution is -0.187. The fraction of sp³-hybridized carbons (Fsp3) is 0.419. The van der Waals surface area contributed by atoms with Crippen molar-refractivity contribution in [2.45, 2.75) is 49.7 Å². The number of ether oxygens (including phenoxy) is 2. The summed E-state index contributed by atoms with van der Waals surface area (Å²) in [4.78, 5) is 30.3. The lowest BCUT2D eigenvalue weighted by Gasteiger charge is -2.59. The summed E-state index contributed by atoms with van der Waals surface area (Å²) in [5.41, 5.74) is 0.705. The Morgan fingerprint density at radius 1 is 1.00 bits per heavy atom. The Labute approximate surface area is 219 Å². The lowest BCUT2D eigenvalue weighted by atomic mass is 9.55. The average Bonchev–Trinajstić information content (AvgIpc) is 2.91. The van der Waals surface area contributed by atoms with Gasteiger partial charge in [-0.15, -0.1) is 0 Å². The third-order valence-corrected chi connectivity index (χ3v) is 8.61. The number of carbonyl (C=O) groups excluding carboxylic acids is 2. The molecule has 1 aliphatic carbocycles. The van der Waals surface area contributed by atoms with E-state index in [1.807, 2.05) is 60.5 Å². The molecule has 1 saturated carbocycles. The molecule has 3 aromatic rings. The maximum atomic E-state index is 13.7. The Morgan fingerprint density at radius 2 is 1.78 bits per heavy atom. The first-order valence-electron chi connectivity index (χ1n) is 13.1. The second-order valence-electron chi connectivity index (χ2n) is 10.8. The van der Waals surface area contributed by atoms with Crippen LogP contribution in [0.25, 0.3) is 10.8 Å². The number of amides is 1. The average molecular weight is 501 g/mol. The molecule has 1 saturated heterocycles. The summed E-state index contributed by atoms with van der Waals surface area (Å²) < 4.78 is 11.9. The Balaban J connectivity index is 1.53. The molecule has 1 heterocycles. The predicted octanol–water partition coefficient (Wildman–Crippen LogP) is 5.05. The van der Waals surface area contributed by atoms with E-state index in [9.17, 15) is 9.59 Å². The predicted molar refractivity (Wildman–Crippen MR) is 145 cm³/mol. The van der Waals surface area contributed by atoms with E-state index in [0.29, 0.717) is 18.5 Å². The number of hydrogen-bond acceptors (Lipinski definition) is 5. The normalized spacial score (nSPS) is 25.8. The largest absolute Gasteiger partial charge is 0.497 e. The van der Waals surface area contributed by atoms with E-state index < -0.39 is 11.0 Å². The second kappa shape index (κ2) is 9.82. The number of likely N-dealkylation sites (tertiary alicyclic amines) is 1. The Morgan fingerprint density at radius 3 is 2.54 bits per heavy atom. The number of benzene rings is 3. The van der Waals surface area contributed by atoms with Crippen LogP contribution in [0.3, 0.4) is 0 Å². The van der Waals surface area contributed by atoms with E-state index in [1.165, 1.54) is 6.92 Å². The van der Waals surface area contributed by atoms with Crippen LogP contribution in [0.1, 0.15) is 48.5 Å². The van der Waals surface area contributed by atoms with Gasteiger partial charge in [-0.05, 0) is 79.9 Å². The minimum Gasteiger partial charge on any atom is -0.497 e. The van der Waals surface area contributed by atoms with Crippen molar-refractivity contribution in [3.8, 4) is 5.75 Å². The Bertz CT molecular complexity index is 1320. The molecule has 1 amide bonds. The summed E-state index contributed by atoms with van der Waals surface area (Å²) in [5.74, 6) is 0.538. The van der Waals surface area contributed by atoms with Crippen LogP contribution in [-0.4, -0.2) is 67.6 Å². The Kier molecular flexibility index (Phi) is 6.71. The summed E-state index contributed by atoms with van der Waals surface area (Å²) in [6, 6.07) is 22.2. The van der Waals surface area contributed by atoms with Crippen molar-refractivity contribution in [1.82, 2.24) is 9.80 Å². The molecule has 0 unspecified atom stereocenters. The van der Waals surface area contributed by atoms with Crippen molar-refractivity contribution in [2.75, 3.05) is 34.3 Å². The number of likely N-dealkylation sites (N-methyl/N-ethyl adjacent to an activating group) is 1. The van der Waals surface area contributed by atoms with Gasteiger partial charge in [0.25, 0.3) is 5.91 Å². The number of esters is 1. The van der Waals surface area contributed by atoms with Crippen molar-refractivity contribution in [3.63, 3.8) is 0 Å². The van der Waals surface area contributed by atoms with Crippen LogP contribution in [-0.2, 0) is 14.9 Å². The molecule has 3 atom stereocenters. The van der Waals surface area contributed by atoms with Crippen LogP contribution in [0.15, 0.2) is 66.7 Å². The number of hydrogen-bond donors (Lipinski definition) is 0. The van der Waals surface area contributed by atoms with Gasteiger partial charge in [-0.25, -0.2) is 0 Å². The van der Waals surface area contributed by atoms with Gasteiger partial charge in [0.15, 0.2) is 0 Å². The SMILES string of the molecule is COc1cccc([C@@]23CCN(C)C[C@@]2(OC(C)=O)CC[C@H](N(C)C(=O)c2ccc4ccccc4c2)C3)c1. The highest BCUT2D eigenvalue weighted by atomic mass is 16.6. The summed E-state index contributed by atoms with van der Waals surface area (Å²) in [6.07, 6.45) is 3.01. The van der Waals surface area contributed by atoms with Gasteiger partial charge < -0.3 is 19.3 Å². The highest BCUT2D eigenvalue weighted by Gasteiger charge is 2.61. The summed E-state index contributed by atoms with van der Waals surface area (Å²) >= 11 is 0. The number of carbonyl (C=O) groups is 2. The summed E-state index contributed by atoms with van der Waals surface area (Å²) in [7, 11) is 5.67. The topological polar surface area (TPSA) is 59.1 Å². The molecule has 0 spiro atoms. The van der Waals surface area contributed by atoms with E-state index in [-0.39, 0.29) is 17.9 Å². The minimum absolute atomic E-state index is 0.0114. The number of methoxy groups -OCH3 is 1. The number of rotatable bonds is 5. The molecular weight excluding hydrogens is 464 g/mol. The molecule has 6 heteroatoms. The van der Waals surface area contributed by atoms with Crippen LogP contribution in [0, 0.1) is 0 Å². The first-order chi connectivity index (χ1) is 17.8. The van der Waals surface area contributed by atoms with E-state index >= 15 is 0 Å². The first kappa shape index (κ1) is 25.3. The summed E-state index contributed by atoms with van der Waals surface area (Å²) in [6.45, 7) is 3.05. The fourth-order valence-electron chi connectivity index (χ4n) is 6.71. The maximum absolute atomic E-state index is 13.7. The fourth-order valence-corrected chi connectivity index (χ4v) is 6.71. The van der Waals surface area contributed by atoms with Gasteiger partial charge in [0.1, 0.15) is 11.4 Å². The Hall–Kier alpha value is -3.38. The maximum Gasteiger partial charge on any atom is 0.303 e. The van der Waals surface area contributed by atoms with Crippen molar-refractivity contribution >= 4 is 22.6 Å². The van der Waals surface area contributed by atoms with Gasteiger partial charge in [0.2, 0.25) is 0 Å². The van der Waals surface area contributed by atoms with E-state index in [2.05, 4.69) is 30.1 Å². The van der Waals surface area contributed by atoms with Gasteiger partial charge in [-0.2, -0.15) is 0 Å². The van der Waals surface area contributed by atoms with Crippen molar-refractivity contribution < 1.29 is 19.1 Å². The van der Waals surface area contributed by atoms with Crippen LogP contribution in [0.4, 0.5) is 0 Å². The zero-order valence-corrected chi connectivity index (χ0v) is 22.2. The van der Waals surface area contributed by atoms with Crippen molar-refractivity contribution in [1.29, 1.82) is 0 Å². The number of piperidine rings is 1. The molecule has 2 aliphatic rings. The zero-order valence-electron chi connectivity index (χ0n) is 22.2. The molecule has 0 radical (unpaired) electrons. The second-order valence-corrected chi connectivity index (χ2v) is 10.8. The molecule has 5 rings (SSSR count). The quantitative estimate of drug-likeness (QED) is 0.459. The lowest BCUT2D eigenvalue weighted by Crippen LogP contribution is -2.68. The van der Waals surface area contributed by atoms with Gasteiger partial charge in [-0.1, -0.05) is 42.5 Å². The van der Waals surface area contributed by atoms with Crippen LogP contribution >= 0.6 is 0 Å². The van der Waals surface area contributed by atoms with Crippen molar-refractivity contribution in [2.24, 2.45) is 0 Å². The summed E-state index contributed by atoms with van der Waals surface area (Å²) in [5, 5.41) is 2.18. The molecule has 1 aliphatic heterocycles. The standard InChI is InChI=1S/C31H36N2O4/c1-22(34)37-31-15-14-27(33(3)29(35)25-13-12-23-8-5-6-9-24(23)18-25)20-30(31,16-17-32(2)21-31)26-10-7-11-28(19-26)36-4/h5-13,18-19,27H,14-17,20-21H2,1-4H3/t27-,30-,31-/m0/s1. The molecule has 0 bridgehead atoms. The van der Waals surface area contributed by atoms with Crippen molar-refractivity contribution in [3.05, 3.63) is 77.9 Å². The smallest absolute Gasteiger partial charge is 0.303 e. The monoisotopic (exact) mass is 500 g/mol. The van der Waals surface area contributed by atoms with Gasteiger partial charge in [-0.3, -0.25) is 9.59 Å².